The quantitative estimate of drug-likeness (QED) is 0.573. The van der Waals surface area contributed by atoms with E-state index in [0.29, 0.717) is 18.8 Å². The van der Waals surface area contributed by atoms with E-state index in [1.54, 1.807) is 14.0 Å². The van der Waals surface area contributed by atoms with Gasteiger partial charge in [-0.1, -0.05) is 46.3 Å². The molecule has 0 saturated carbocycles. The molecule has 0 aliphatic heterocycles. The van der Waals surface area contributed by atoms with Crippen molar-refractivity contribution in [3.05, 3.63) is 12.2 Å². The van der Waals surface area contributed by atoms with Gasteiger partial charge in [-0.2, -0.15) is 0 Å². The number of aliphatic carboxylic acids is 1. The fraction of sp³-hybridized carbons (Fsp3) is 0.824. The molecule has 124 valence electrons. The van der Waals surface area contributed by atoms with Gasteiger partial charge in [0, 0.05) is 7.11 Å². The summed E-state index contributed by atoms with van der Waals surface area (Å²) >= 11 is 0. The smallest absolute Gasteiger partial charge is 0.309 e. The van der Waals surface area contributed by atoms with E-state index in [1.165, 1.54) is 0 Å². The zero-order valence-electron chi connectivity index (χ0n) is 14.1. The zero-order valence-corrected chi connectivity index (χ0v) is 14.1. The molecular formula is C17H32O4. The Kier molecular flexibility index (Phi) is 10.4. The number of methoxy groups -OCH3 is 1. The molecule has 0 bridgehead atoms. The highest BCUT2D eigenvalue weighted by molar-refractivity contribution is 5.70. The van der Waals surface area contributed by atoms with Gasteiger partial charge in [-0.05, 0) is 31.1 Å². The number of ether oxygens (including phenoxy) is 1. The first-order chi connectivity index (χ1) is 9.87. The van der Waals surface area contributed by atoms with E-state index in [2.05, 4.69) is 19.9 Å². The molecule has 0 aromatic heterocycles. The third-order valence-electron chi connectivity index (χ3n) is 4.25. The van der Waals surface area contributed by atoms with Gasteiger partial charge in [0.25, 0.3) is 0 Å². The van der Waals surface area contributed by atoms with Crippen LogP contribution in [0.1, 0.15) is 53.4 Å². The van der Waals surface area contributed by atoms with Gasteiger partial charge in [0.05, 0.1) is 18.1 Å². The molecule has 4 nitrogen and oxygen atoms in total. The van der Waals surface area contributed by atoms with Gasteiger partial charge in [-0.3, -0.25) is 4.79 Å². The molecule has 21 heavy (non-hydrogen) atoms. The van der Waals surface area contributed by atoms with Crippen LogP contribution in [0.15, 0.2) is 12.2 Å². The Morgan fingerprint density at radius 3 is 2.29 bits per heavy atom. The van der Waals surface area contributed by atoms with Crippen molar-refractivity contribution in [1.82, 2.24) is 0 Å². The maximum atomic E-state index is 11.0. The molecule has 0 spiro atoms. The van der Waals surface area contributed by atoms with E-state index in [4.69, 9.17) is 9.84 Å². The minimum Gasteiger partial charge on any atom is -0.481 e. The first kappa shape index (κ1) is 20.1. The van der Waals surface area contributed by atoms with Crippen LogP contribution in [-0.4, -0.2) is 35.5 Å². The molecule has 0 fully saturated rings. The number of hydrogen-bond acceptors (Lipinski definition) is 3. The third-order valence-corrected chi connectivity index (χ3v) is 4.25. The Labute approximate surface area is 129 Å². The molecule has 0 aromatic carbocycles. The lowest BCUT2D eigenvalue weighted by Crippen LogP contribution is -2.28. The zero-order chi connectivity index (χ0) is 16.4. The summed E-state index contributed by atoms with van der Waals surface area (Å²) in [5, 5.41) is 19.0. The Hall–Kier alpha value is -0.870. The predicted molar refractivity (Wildman–Crippen MR) is 85.2 cm³/mol. The molecule has 0 radical (unpaired) electrons. The summed E-state index contributed by atoms with van der Waals surface area (Å²) in [5.41, 5.74) is 0. The molecule has 0 aliphatic carbocycles. The lowest BCUT2D eigenvalue weighted by Gasteiger charge is -2.21. The van der Waals surface area contributed by atoms with Crippen LogP contribution in [0, 0.1) is 17.8 Å². The molecule has 0 rings (SSSR count). The van der Waals surface area contributed by atoms with Crippen LogP contribution in [-0.2, 0) is 9.53 Å². The SMILES string of the molecule is CC[C@H](C)[C@H](C/C=C/C(C)C[C@@H](O)[C@@H](CC)C(=O)O)OC. The first-order valence-electron chi connectivity index (χ1n) is 7.97. The molecule has 0 aromatic rings. The average molecular weight is 300 g/mol. The molecule has 0 heterocycles. The van der Waals surface area contributed by atoms with Crippen molar-refractivity contribution < 1.29 is 19.7 Å². The lowest BCUT2D eigenvalue weighted by molar-refractivity contribution is -0.146. The molecule has 2 N–H and O–H groups in total. The van der Waals surface area contributed by atoms with E-state index in [1.807, 2.05) is 13.0 Å². The summed E-state index contributed by atoms with van der Waals surface area (Å²) in [6.45, 7) is 8.11. The normalized spacial score (nSPS) is 19.1. The van der Waals surface area contributed by atoms with Crippen LogP contribution in [0.5, 0.6) is 0 Å². The van der Waals surface area contributed by atoms with Gasteiger partial charge in [0.15, 0.2) is 0 Å². The minimum atomic E-state index is -0.919. The van der Waals surface area contributed by atoms with Crippen molar-refractivity contribution in [2.24, 2.45) is 17.8 Å². The minimum absolute atomic E-state index is 0.155. The molecular weight excluding hydrogens is 268 g/mol. The number of carboxylic acids is 1. The van der Waals surface area contributed by atoms with Crippen LogP contribution in [0.25, 0.3) is 0 Å². The Balaban J connectivity index is 4.32. The van der Waals surface area contributed by atoms with E-state index in [-0.39, 0.29) is 12.0 Å². The number of aliphatic hydroxyl groups is 1. The van der Waals surface area contributed by atoms with Crippen LogP contribution in [0.2, 0.25) is 0 Å². The molecule has 0 saturated heterocycles. The van der Waals surface area contributed by atoms with Gasteiger partial charge >= 0.3 is 5.97 Å². The predicted octanol–water partition coefficient (Wildman–Crippen LogP) is 3.49. The van der Waals surface area contributed by atoms with Crippen LogP contribution < -0.4 is 0 Å². The highest BCUT2D eigenvalue weighted by Gasteiger charge is 2.25. The summed E-state index contributed by atoms with van der Waals surface area (Å²) in [4.78, 5) is 11.0. The van der Waals surface area contributed by atoms with E-state index in [9.17, 15) is 9.90 Å². The van der Waals surface area contributed by atoms with Crippen molar-refractivity contribution in [3.63, 3.8) is 0 Å². The second-order valence-electron chi connectivity index (χ2n) is 5.96. The van der Waals surface area contributed by atoms with Crippen molar-refractivity contribution in [1.29, 1.82) is 0 Å². The summed E-state index contributed by atoms with van der Waals surface area (Å²) in [6.07, 6.45) is 6.41. The van der Waals surface area contributed by atoms with Gasteiger partial charge in [0.2, 0.25) is 0 Å². The number of hydrogen-bond donors (Lipinski definition) is 2. The number of carbonyl (C=O) groups is 1. The topological polar surface area (TPSA) is 66.8 Å². The molecule has 5 atom stereocenters. The number of rotatable bonds is 11. The fourth-order valence-corrected chi connectivity index (χ4v) is 2.50. The molecule has 0 amide bonds. The number of aliphatic hydroxyl groups excluding tert-OH is 1. The van der Waals surface area contributed by atoms with Crippen LogP contribution in [0.3, 0.4) is 0 Å². The molecule has 0 aliphatic rings. The lowest BCUT2D eigenvalue weighted by atomic mass is 9.91. The van der Waals surface area contributed by atoms with E-state index in [0.717, 1.165) is 12.8 Å². The van der Waals surface area contributed by atoms with Crippen molar-refractivity contribution >= 4 is 5.97 Å². The highest BCUT2D eigenvalue weighted by atomic mass is 16.5. The van der Waals surface area contributed by atoms with Crippen molar-refractivity contribution in [2.45, 2.75) is 65.6 Å². The first-order valence-corrected chi connectivity index (χ1v) is 7.97. The van der Waals surface area contributed by atoms with Gasteiger partial charge in [-0.25, -0.2) is 0 Å². The molecule has 4 heteroatoms. The van der Waals surface area contributed by atoms with Crippen LogP contribution >= 0.6 is 0 Å². The fourth-order valence-electron chi connectivity index (χ4n) is 2.50. The van der Waals surface area contributed by atoms with Gasteiger partial charge in [0.1, 0.15) is 0 Å². The van der Waals surface area contributed by atoms with E-state index >= 15 is 0 Å². The maximum Gasteiger partial charge on any atom is 0.309 e. The summed E-state index contributed by atoms with van der Waals surface area (Å²) in [5.74, 6) is -0.926. The highest BCUT2D eigenvalue weighted by Crippen LogP contribution is 2.19. The third kappa shape index (κ3) is 7.63. The Morgan fingerprint density at radius 1 is 1.24 bits per heavy atom. The Bertz CT molecular complexity index is 314. The summed E-state index contributed by atoms with van der Waals surface area (Å²) in [7, 11) is 1.73. The second-order valence-corrected chi connectivity index (χ2v) is 5.96. The number of allylic oxidation sites excluding steroid dienone is 1. The summed E-state index contributed by atoms with van der Waals surface area (Å²) in [6, 6.07) is 0. The maximum absolute atomic E-state index is 11.0. The van der Waals surface area contributed by atoms with Gasteiger partial charge < -0.3 is 14.9 Å². The van der Waals surface area contributed by atoms with Crippen molar-refractivity contribution in [2.75, 3.05) is 7.11 Å². The van der Waals surface area contributed by atoms with Crippen LogP contribution in [0.4, 0.5) is 0 Å². The molecule has 1 unspecified atom stereocenters. The monoisotopic (exact) mass is 300 g/mol. The standard InChI is InChI=1S/C17H32O4/c1-6-13(4)16(21-5)10-8-9-12(3)11-15(18)14(7-2)17(19)20/h8-9,12-16,18H,6-7,10-11H2,1-5H3,(H,19,20)/b9-8+/t12?,13-,14+,15+,16-/m0/s1. The summed E-state index contributed by atoms with van der Waals surface area (Å²) < 4.78 is 5.47. The van der Waals surface area contributed by atoms with E-state index < -0.39 is 18.0 Å². The number of carboxylic acid groups (broad SMARTS) is 1. The van der Waals surface area contributed by atoms with Crippen molar-refractivity contribution in [3.8, 4) is 0 Å². The Morgan fingerprint density at radius 2 is 1.86 bits per heavy atom. The largest absolute Gasteiger partial charge is 0.481 e. The second kappa shape index (κ2) is 10.8. The van der Waals surface area contributed by atoms with Gasteiger partial charge in [-0.15, -0.1) is 0 Å². The average Bonchev–Trinajstić information content (AvgIpc) is 2.43.